The number of para-hydroxylation sites is 2. The van der Waals surface area contributed by atoms with E-state index in [4.69, 9.17) is 0 Å². The van der Waals surface area contributed by atoms with E-state index in [0.29, 0.717) is 16.6 Å². The number of carbonyl (C=O) groups excluding carboxylic acids is 2. The summed E-state index contributed by atoms with van der Waals surface area (Å²) in [5, 5.41) is 11.0. The van der Waals surface area contributed by atoms with Crippen molar-refractivity contribution in [2.45, 2.75) is 6.04 Å². The number of aliphatic hydroxyl groups excluding tert-OH is 1. The summed E-state index contributed by atoms with van der Waals surface area (Å²) in [5.41, 5.74) is 2.15. The molecule has 1 amide bonds. The number of aromatic nitrogens is 2. The van der Waals surface area contributed by atoms with Gasteiger partial charge in [-0.2, -0.15) is 0 Å². The SMILES string of the molecule is O=C1C(=O)N(c2nc3ccccc3[nH]2)C(c2ccccc2)/C1=C(\O)c1ccc(F)cc1. The van der Waals surface area contributed by atoms with Gasteiger partial charge in [-0.1, -0.05) is 42.5 Å². The van der Waals surface area contributed by atoms with E-state index < -0.39 is 23.5 Å². The van der Waals surface area contributed by atoms with Crippen LogP contribution in [0.1, 0.15) is 17.2 Å². The van der Waals surface area contributed by atoms with Gasteiger partial charge in [-0.05, 0) is 42.0 Å². The first kappa shape index (κ1) is 18.7. The summed E-state index contributed by atoms with van der Waals surface area (Å²) in [4.78, 5) is 34.9. The number of hydrogen-bond donors (Lipinski definition) is 2. The molecule has 2 heterocycles. The highest BCUT2D eigenvalue weighted by atomic mass is 19.1. The van der Waals surface area contributed by atoms with Gasteiger partial charge in [0.25, 0.3) is 5.78 Å². The fourth-order valence-corrected chi connectivity index (χ4v) is 3.82. The highest BCUT2D eigenvalue weighted by Gasteiger charge is 2.48. The van der Waals surface area contributed by atoms with E-state index in [0.717, 1.165) is 0 Å². The van der Waals surface area contributed by atoms with Crippen LogP contribution < -0.4 is 4.90 Å². The van der Waals surface area contributed by atoms with Gasteiger partial charge in [-0.3, -0.25) is 14.5 Å². The number of nitrogens with one attached hydrogen (secondary N) is 1. The van der Waals surface area contributed by atoms with Crippen LogP contribution in [0.5, 0.6) is 0 Å². The third-order valence-electron chi connectivity index (χ3n) is 5.28. The Hall–Kier alpha value is -4.26. The molecule has 1 aliphatic heterocycles. The number of benzene rings is 3. The molecule has 6 nitrogen and oxygen atoms in total. The maximum atomic E-state index is 13.4. The topological polar surface area (TPSA) is 86.3 Å². The van der Waals surface area contributed by atoms with E-state index in [2.05, 4.69) is 9.97 Å². The smallest absolute Gasteiger partial charge is 0.302 e. The number of rotatable bonds is 3. The van der Waals surface area contributed by atoms with Crippen LogP contribution >= 0.6 is 0 Å². The van der Waals surface area contributed by atoms with Gasteiger partial charge >= 0.3 is 5.91 Å². The number of H-pyrrole nitrogens is 1. The van der Waals surface area contributed by atoms with Crippen molar-refractivity contribution >= 4 is 34.4 Å². The number of aliphatic hydroxyl groups is 1. The maximum absolute atomic E-state index is 13.4. The molecule has 1 fully saturated rings. The lowest BCUT2D eigenvalue weighted by Crippen LogP contribution is -2.30. The summed E-state index contributed by atoms with van der Waals surface area (Å²) >= 11 is 0. The molecule has 0 saturated carbocycles. The molecule has 0 spiro atoms. The predicted octanol–water partition coefficient (Wildman–Crippen LogP) is 4.33. The average molecular weight is 413 g/mol. The molecule has 2 N–H and O–H groups in total. The summed E-state index contributed by atoms with van der Waals surface area (Å²) in [6, 6.07) is 20.4. The molecular formula is C24H16FN3O3. The van der Waals surface area contributed by atoms with Crippen molar-refractivity contribution in [1.82, 2.24) is 9.97 Å². The molecule has 1 unspecified atom stereocenters. The Morgan fingerprint density at radius 1 is 0.935 bits per heavy atom. The van der Waals surface area contributed by atoms with Crippen LogP contribution in [0.4, 0.5) is 10.3 Å². The van der Waals surface area contributed by atoms with E-state index in [9.17, 15) is 19.1 Å². The van der Waals surface area contributed by atoms with E-state index in [1.165, 1.54) is 29.2 Å². The highest BCUT2D eigenvalue weighted by molar-refractivity contribution is 6.51. The Bertz CT molecular complexity index is 1310. The molecule has 0 aliphatic carbocycles. The third kappa shape index (κ3) is 3.07. The quantitative estimate of drug-likeness (QED) is 0.297. The van der Waals surface area contributed by atoms with E-state index in [-0.39, 0.29) is 22.8 Å². The standard InChI is InChI=1S/C24H16FN3O3/c25-16-12-10-15(11-13-16)21(29)19-20(14-6-2-1-3-7-14)28(23(31)22(19)30)24-26-17-8-4-5-9-18(17)27-24/h1-13,20,29H,(H,26,27)/b21-19+. The minimum absolute atomic E-state index is 0.0803. The Morgan fingerprint density at radius 3 is 2.32 bits per heavy atom. The van der Waals surface area contributed by atoms with Gasteiger partial charge in [0.05, 0.1) is 22.6 Å². The zero-order valence-corrected chi connectivity index (χ0v) is 16.1. The van der Waals surface area contributed by atoms with Crippen LogP contribution in [0.15, 0.2) is 84.4 Å². The Labute approximate surface area is 176 Å². The Morgan fingerprint density at radius 2 is 1.61 bits per heavy atom. The number of halogens is 1. The van der Waals surface area contributed by atoms with Crippen LogP contribution in [0, 0.1) is 5.82 Å². The number of ketones is 1. The number of aromatic amines is 1. The molecule has 1 saturated heterocycles. The second-order valence-electron chi connectivity index (χ2n) is 7.16. The molecule has 5 rings (SSSR count). The largest absolute Gasteiger partial charge is 0.507 e. The first-order valence-corrected chi connectivity index (χ1v) is 9.61. The first-order valence-electron chi connectivity index (χ1n) is 9.61. The van der Waals surface area contributed by atoms with Crippen LogP contribution in [-0.4, -0.2) is 26.8 Å². The molecule has 1 atom stereocenters. The molecule has 1 aromatic heterocycles. The first-order chi connectivity index (χ1) is 15.0. The van der Waals surface area contributed by atoms with Crippen molar-refractivity contribution < 1.29 is 19.1 Å². The number of carbonyl (C=O) groups is 2. The molecular weight excluding hydrogens is 397 g/mol. The fourth-order valence-electron chi connectivity index (χ4n) is 3.82. The number of Topliss-reactive ketones (excluding diaryl/α,β-unsaturated/α-hetero) is 1. The van der Waals surface area contributed by atoms with E-state index in [1.54, 1.807) is 30.3 Å². The minimum atomic E-state index is -0.896. The van der Waals surface area contributed by atoms with E-state index in [1.807, 2.05) is 24.3 Å². The summed E-state index contributed by atoms with van der Waals surface area (Å²) < 4.78 is 13.4. The second kappa shape index (κ2) is 7.21. The molecule has 4 aromatic rings. The minimum Gasteiger partial charge on any atom is -0.507 e. The molecule has 31 heavy (non-hydrogen) atoms. The van der Waals surface area contributed by atoms with Gasteiger partial charge in [0.15, 0.2) is 0 Å². The van der Waals surface area contributed by atoms with Crippen molar-refractivity contribution in [3.8, 4) is 0 Å². The van der Waals surface area contributed by atoms with Gasteiger partial charge in [-0.15, -0.1) is 0 Å². The summed E-state index contributed by atoms with van der Waals surface area (Å²) in [6.45, 7) is 0. The number of anilines is 1. The number of imidazole rings is 1. The molecule has 0 bridgehead atoms. The Kier molecular flexibility index (Phi) is 4.36. The van der Waals surface area contributed by atoms with Crippen molar-refractivity contribution in [3.63, 3.8) is 0 Å². The summed E-state index contributed by atoms with van der Waals surface area (Å²) in [6.07, 6.45) is 0. The Balaban J connectivity index is 1.73. The molecule has 7 heteroatoms. The average Bonchev–Trinajstić information content (AvgIpc) is 3.33. The number of hydrogen-bond acceptors (Lipinski definition) is 4. The molecule has 0 radical (unpaired) electrons. The predicted molar refractivity (Wildman–Crippen MR) is 114 cm³/mol. The zero-order chi connectivity index (χ0) is 21.5. The number of fused-ring (bicyclic) bond motifs is 1. The lowest BCUT2D eigenvalue weighted by Gasteiger charge is -2.23. The van der Waals surface area contributed by atoms with Crippen molar-refractivity contribution in [2.75, 3.05) is 4.90 Å². The lowest BCUT2D eigenvalue weighted by molar-refractivity contribution is -0.132. The van der Waals surface area contributed by atoms with E-state index >= 15 is 0 Å². The fraction of sp³-hybridized carbons (Fsp3) is 0.0417. The highest BCUT2D eigenvalue weighted by Crippen LogP contribution is 2.41. The zero-order valence-electron chi connectivity index (χ0n) is 16.1. The molecule has 152 valence electrons. The van der Waals surface area contributed by atoms with Crippen LogP contribution in [0.25, 0.3) is 16.8 Å². The van der Waals surface area contributed by atoms with Gasteiger partial charge in [0, 0.05) is 5.56 Å². The molecule has 1 aliphatic rings. The van der Waals surface area contributed by atoms with Crippen LogP contribution in [0.3, 0.4) is 0 Å². The van der Waals surface area contributed by atoms with Gasteiger partial charge < -0.3 is 10.1 Å². The second-order valence-corrected chi connectivity index (χ2v) is 7.16. The van der Waals surface area contributed by atoms with Crippen LogP contribution in [-0.2, 0) is 9.59 Å². The monoisotopic (exact) mass is 413 g/mol. The van der Waals surface area contributed by atoms with Crippen molar-refractivity contribution in [1.29, 1.82) is 0 Å². The van der Waals surface area contributed by atoms with Crippen LogP contribution in [0.2, 0.25) is 0 Å². The number of amides is 1. The summed E-state index contributed by atoms with van der Waals surface area (Å²) in [5.74, 6) is -2.28. The van der Waals surface area contributed by atoms with Gasteiger partial charge in [0.1, 0.15) is 11.6 Å². The van der Waals surface area contributed by atoms with Crippen molar-refractivity contribution in [2.24, 2.45) is 0 Å². The van der Waals surface area contributed by atoms with Gasteiger partial charge in [0.2, 0.25) is 5.95 Å². The third-order valence-corrected chi connectivity index (χ3v) is 5.28. The normalized spacial score (nSPS) is 18.1. The molecule has 3 aromatic carbocycles. The lowest BCUT2D eigenvalue weighted by atomic mass is 9.95. The van der Waals surface area contributed by atoms with Crippen molar-refractivity contribution in [3.05, 3.63) is 101 Å². The number of nitrogens with zero attached hydrogens (tertiary/aromatic N) is 2. The maximum Gasteiger partial charge on any atom is 0.302 e. The summed E-state index contributed by atoms with van der Waals surface area (Å²) in [7, 11) is 0. The van der Waals surface area contributed by atoms with Gasteiger partial charge in [-0.25, -0.2) is 9.37 Å².